The predicted octanol–water partition coefficient (Wildman–Crippen LogP) is 0.309. The number of amidine groups is 1. The van der Waals surface area contributed by atoms with Gasteiger partial charge in [-0.1, -0.05) is 0 Å². The lowest BCUT2D eigenvalue weighted by Crippen LogP contribution is -2.52. The van der Waals surface area contributed by atoms with Crippen LogP contribution < -0.4 is 5.73 Å². The van der Waals surface area contributed by atoms with Gasteiger partial charge in [0, 0.05) is 19.2 Å². The van der Waals surface area contributed by atoms with Crippen molar-refractivity contribution in [1.82, 2.24) is 9.96 Å². The highest BCUT2D eigenvalue weighted by molar-refractivity contribution is 5.80. The fourth-order valence-electron chi connectivity index (χ4n) is 1.79. The number of piperidine rings is 1. The van der Waals surface area contributed by atoms with E-state index in [9.17, 15) is 5.21 Å². The Morgan fingerprint density at radius 1 is 1.53 bits per heavy atom. The molecular weight excluding hydrogens is 194 g/mol. The van der Waals surface area contributed by atoms with Crippen LogP contribution in [0.4, 0.5) is 0 Å². The van der Waals surface area contributed by atoms with Crippen molar-refractivity contribution in [2.75, 3.05) is 6.54 Å². The molecule has 15 heavy (non-hydrogen) atoms. The van der Waals surface area contributed by atoms with E-state index in [4.69, 9.17) is 11.1 Å². The van der Waals surface area contributed by atoms with E-state index in [1.165, 1.54) is 6.08 Å². The minimum absolute atomic E-state index is 0.258. The molecule has 82 valence electrons. The van der Waals surface area contributed by atoms with Crippen molar-refractivity contribution in [3.63, 3.8) is 0 Å². The molecule has 0 spiro atoms. The fourth-order valence-corrected chi connectivity index (χ4v) is 1.79. The van der Waals surface area contributed by atoms with E-state index < -0.39 is 6.29 Å². The molecule has 6 nitrogen and oxygen atoms in total. The summed E-state index contributed by atoms with van der Waals surface area (Å²) in [5, 5.41) is 18.4. The second kappa shape index (κ2) is 3.90. The monoisotopic (exact) mass is 209 g/mol. The van der Waals surface area contributed by atoms with E-state index in [1.807, 2.05) is 0 Å². The molecule has 0 amide bonds. The largest absolute Gasteiger partial charge is 0.383 e. The van der Waals surface area contributed by atoms with Gasteiger partial charge in [0.15, 0.2) is 0 Å². The van der Waals surface area contributed by atoms with Gasteiger partial charge in [0.05, 0.1) is 5.84 Å². The number of hydrogen-bond donors (Lipinski definition) is 3. The Hall–Kier alpha value is -1.56. The first-order chi connectivity index (χ1) is 7.20. The van der Waals surface area contributed by atoms with Gasteiger partial charge in [-0.15, -0.1) is 0 Å². The van der Waals surface area contributed by atoms with Crippen LogP contribution in [-0.2, 0) is 0 Å². The summed E-state index contributed by atoms with van der Waals surface area (Å²) in [6, 6.07) is 0. The third kappa shape index (κ3) is 1.80. The first-order valence-electron chi connectivity index (χ1n) is 5.01. The van der Waals surface area contributed by atoms with Gasteiger partial charge in [-0.2, -0.15) is 5.06 Å². The number of likely N-dealkylation sites (tertiary alicyclic amines) is 1. The van der Waals surface area contributed by atoms with Crippen LogP contribution in [0.1, 0.15) is 19.3 Å². The number of nitrogens with one attached hydrogen (secondary N) is 1. The average Bonchev–Trinajstić information content (AvgIpc) is 2.23. The van der Waals surface area contributed by atoms with Crippen LogP contribution in [0.2, 0.25) is 0 Å². The number of nitrogens with zero attached hydrogens (tertiary/aromatic N) is 3. The minimum atomic E-state index is -0.567. The number of hydrogen-bond acceptors (Lipinski definition) is 5. The van der Waals surface area contributed by atoms with Gasteiger partial charge in [0.2, 0.25) is 6.29 Å². The minimum Gasteiger partial charge on any atom is -0.383 e. The zero-order chi connectivity index (χ0) is 10.8. The number of aliphatic imine (C=N–C) groups is 1. The molecule has 0 aromatic heterocycles. The van der Waals surface area contributed by atoms with Crippen LogP contribution in [0.25, 0.3) is 0 Å². The van der Waals surface area contributed by atoms with Gasteiger partial charge < -0.3 is 10.6 Å². The van der Waals surface area contributed by atoms with E-state index in [2.05, 4.69) is 4.99 Å². The van der Waals surface area contributed by atoms with Crippen LogP contribution in [0.15, 0.2) is 16.9 Å². The van der Waals surface area contributed by atoms with Gasteiger partial charge in [0.1, 0.15) is 5.82 Å². The summed E-state index contributed by atoms with van der Waals surface area (Å²) < 4.78 is 0. The molecule has 1 fully saturated rings. The van der Waals surface area contributed by atoms with E-state index >= 15 is 0 Å². The number of hydroxylamine groups is 2. The Morgan fingerprint density at radius 2 is 2.33 bits per heavy atom. The second-order valence-corrected chi connectivity index (χ2v) is 3.68. The first kappa shape index (κ1) is 9.97. The summed E-state index contributed by atoms with van der Waals surface area (Å²) in [6.45, 7) is 0.741. The van der Waals surface area contributed by atoms with E-state index in [0.29, 0.717) is 5.84 Å². The molecule has 0 aliphatic carbocycles. The van der Waals surface area contributed by atoms with Crippen molar-refractivity contribution in [2.45, 2.75) is 25.6 Å². The summed E-state index contributed by atoms with van der Waals surface area (Å²) >= 11 is 0. The lowest BCUT2D eigenvalue weighted by molar-refractivity contribution is -0.129. The molecular formula is C9H15N5O. The molecule has 2 aliphatic heterocycles. The lowest BCUT2D eigenvalue weighted by atomic mass is 10.1. The Morgan fingerprint density at radius 3 is 3.07 bits per heavy atom. The molecule has 0 saturated carbocycles. The number of nitrogens with two attached hydrogens (primary N) is 1. The Bertz CT molecular complexity index is 324. The molecule has 2 rings (SSSR count). The maximum Gasteiger partial charge on any atom is 0.224 e. The van der Waals surface area contributed by atoms with Crippen molar-refractivity contribution in [3.8, 4) is 0 Å². The van der Waals surface area contributed by atoms with Gasteiger partial charge in [-0.25, -0.2) is 4.99 Å². The lowest BCUT2D eigenvalue weighted by Gasteiger charge is -2.39. The molecule has 0 aromatic carbocycles. The molecule has 0 aromatic rings. The molecule has 1 saturated heterocycles. The van der Waals surface area contributed by atoms with E-state index in [0.717, 1.165) is 30.9 Å². The maximum atomic E-state index is 9.70. The fraction of sp³-hybridized carbons (Fsp3) is 0.556. The normalized spacial score (nSPS) is 26.9. The SMILES string of the molecule is N=C1CCCCN1C1N=CC=C(N)N1O. The summed E-state index contributed by atoms with van der Waals surface area (Å²) in [4.78, 5) is 5.88. The van der Waals surface area contributed by atoms with Gasteiger partial charge in [0.25, 0.3) is 0 Å². The van der Waals surface area contributed by atoms with E-state index in [-0.39, 0.29) is 5.82 Å². The quantitative estimate of drug-likeness (QED) is 0.579. The van der Waals surface area contributed by atoms with Gasteiger partial charge in [-0.3, -0.25) is 10.6 Å². The van der Waals surface area contributed by atoms with Crippen molar-refractivity contribution in [1.29, 1.82) is 5.41 Å². The van der Waals surface area contributed by atoms with Gasteiger partial charge >= 0.3 is 0 Å². The average molecular weight is 209 g/mol. The van der Waals surface area contributed by atoms with Gasteiger partial charge in [-0.05, 0) is 18.9 Å². The van der Waals surface area contributed by atoms with Crippen molar-refractivity contribution >= 4 is 12.1 Å². The van der Waals surface area contributed by atoms with Crippen LogP contribution in [-0.4, -0.2) is 40.1 Å². The van der Waals surface area contributed by atoms with Crippen LogP contribution in [0.5, 0.6) is 0 Å². The maximum absolute atomic E-state index is 9.70. The van der Waals surface area contributed by atoms with Crippen LogP contribution in [0, 0.1) is 5.41 Å². The molecule has 0 radical (unpaired) electrons. The predicted molar refractivity (Wildman–Crippen MR) is 56.5 cm³/mol. The third-order valence-corrected chi connectivity index (χ3v) is 2.64. The molecule has 0 bridgehead atoms. The second-order valence-electron chi connectivity index (χ2n) is 3.68. The number of rotatable bonds is 1. The third-order valence-electron chi connectivity index (χ3n) is 2.64. The summed E-state index contributed by atoms with van der Waals surface area (Å²) in [6.07, 6.45) is 5.32. The highest BCUT2D eigenvalue weighted by Gasteiger charge is 2.29. The van der Waals surface area contributed by atoms with E-state index in [1.54, 1.807) is 11.1 Å². The molecule has 4 N–H and O–H groups in total. The topological polar surface area (TPSA) is 88.9 Å². The molecule has 2 heterocycles. The standard InChI is InChI=1S/C9H15N5O/c10-7-3-1-2-6-13(7)9-12-5-4-8(11)14(9)15/h4-5,9-10,15H,1-3,6,11H2. The van der Waals surface area contributed by atoms with Crippen molar-refractivity contribution in [3.05, 3.63) is 11.9 Å². The Kier molecular flexibility index (Phi) is 2.59. The Balaban J connectivity index is 2.13. The summed E-state index contributed by atoms with van der Waals surface area (Å²) in [5.74, 6) is 0.769. The number of allylic oxidation sites excluding steroid dienone is 1. The molecule has 1 atom stereocenters. The zero-order valence-corrected chi connectivity index (χ0v) is 8.43. The summed E-state index contributed by atoms with van der Waals surface area (Å²) in [5.41, 5.74) is 5.57. The molecule has 6 heteroatoms. The highest BCUT2D eigenvalue weighted by atomic mass is 16.5. The Labute approximate surface area is 88.1 Å². The van der Waals surface area contributed by atoms with Crippen LogP contribution in [0.3, 0.4) is 0 Å². The smallest absolute Gasteiger partial charge is 0.224 e. The highest BCUT2D eigenvalue weighted by Crippen LogP contribution is 2.19. The first-order valence-corrected chi connectivity index (χ1v) is 5.01. The summed E-state index contributed by atoms with van der Waals surface area (Å²) in [7, 11) is 0. The van der Waals surface area contributed by atoms with Crippen LogP contribution >= 0.6 is 0 Å². The zero-order valence-electron chi connectivity index (χ0n) is 8.43. The van der Waals surface area contributed by atoms with Crippen molar-refractivity contribution < 1.29 is 5.21 Å². The molecule has 1 unspecified atom stereocenters. The molecule has 2 aliphatic rings. The van der Waals surface area contributed by atoms with Crippen molar-refractivity contribution in [2.24, 2.45) is 10.7 Å².